The molecule has 0 radical (unpaired) electrons. The molecule has 0 saturated carbocycles. The maximum Gasteiger partial charge on any atom is 0.193 e. The van der Waals surface area contributed by atoms with Crippen LogP contribution in [0, 0.1) is 5.92 Å². The van der Waals surface area contributed by atoms with Gasteiger partial charge < -0.3 is 10.2 Å². The van der Waals surface area contributed by atoms with Gasteiger partial charge in [-0.25, -0.2) is 0 Å². The minimum atomic E-state index is 0. The standard InChI is InChI=1S/C23H34N6.HI/c1-24-23(25-12-10-20-15-26-27(2)16-20)29-14-11-22-21(18-29)9-6-13-28(22)17-19-7-4-3-5-8-19;/h3-5,7-8,15-16,21-22H,6,9-14,17-18H2,1-2H3,(H,24,25);1H. The molecule has 0 amide bonds. The number of rotatable bonds is 5. The summed E-state index contributed by atoms with van der Waals surface area (Å²) in [6.07, 6.45) is 8.85. The molecule has 2 saturated heterocycles. The minimum Gasteiger partial charge on any atom is -0.356 e. The highest BCUT2D eigenvalue weighted by molar-refractivity contribution is 14.0. The molecule has 0 bridgehead atoms. The topological polar surface area (TPSA) is 48.7 Å². The van der Waals surface area contributed by atoms with Crippen LogP contribution in [-0.2, 0) is 20.0 Å². The molecule has 2 aliphatic rings. The second-order valence-corrected chi connectivity index (χ2v) is 8.41. The number of piperidine rings is 2. The molecule has 2 aromatic rings. The highest BCUT2D eigenvalue weighted by Crippen LogP contribution is 2.31. The minimum absolute atomic E-state index is 0. The molecule has 164 valence electrons. The Morgan fingerprint density at radius 2 is 2.00 bits per heavy atom. The number of aryl methyl sites for hydroxylation is 1. The zero-order chi connectivity index (χ0) is 20.1. The van der Waals surface area contributed by atoms with Crippen LogP contribution in [0.5, 0.6) is 0 Å². The number of benzene rings is 1. The molecule has 2 unspecified atom stereocenters. The molecule has 4 rings (SSSR count). The van der Waals surface area contributed by atoms with Crippen LogP contribution in [-0.4, -0.2) is 64.8 Å². The van der Waals surface area contributed by atoms with Crippen molar-refractivity contribution in [2.75, 3.05) is 33.2 Å². The molecule has 2 fully saturated rings. The van der Waals surface area contributed by atoms with Gasteiger partial charge in [-0.15, -0.1) is 24.0 Å². The number of nitrogens with one attached hydrogen (secondary N) is 1. The summed E-state index contributed by atoms with van der Waals surface area (Å²) in [4.78, 5) is 9.76. The Kier molecular flexibility index (Phi) is 8.56. The molecule has 1 N–H and O–H groups in total. The van der Waals surface area contributed by atoms with Gasteiger partial charge in [-0.05, 0) is 49.3 Å². The number of halogens is 1. The fourth-order valence-corrected chi connectivity index (χ4v) is 4.97. The van der Waals surface area contributed by atoms with Crippen molar-refractivity contribution in [3.05, 3.63) is 53.9 Å². The fourth-order valence-electron chi connectivity index (χ4n) is 4.97. The van der Waals surface area contributed by atoms with Gasteiger partial charge in [0.25, 0.3) is 0 Å². The number of guanidine groups is 1. The van der Waals surface area contributed by atoms with Crippen molar-refractivity contribution in [3.8, 4) is 0 Å². The molecule has 0 spiro atoms. The van der Waals surface area contributed by atoms with E-state index in [0.717, 1.165) is 44.5 Å². The molecular weight excluding hydrogens is 487 g/mol. The number of fused-ring (bicyclic) bond motifs is 1. The van der Waals surface area contributed by atoms with Crippen molar-refractivity contribution in [2.24, 2.45) is 18.0 Å². The van der Waals surface area contributed by atoms with E-state index < -0.39 is 0 Å². The summed E-state index contributed by atoms with van der Waals surface area (Å²) in [6, 6.07) is 11.6. The summed E-state index contributed by atoms with van der Waals surface area (Å²) < 4.78 is 1.86. The smallest absolute Gasteiger partial charge is 0.193 e. The van der Waals surface area contributed by atoms with E-state index in [1.54, 1.807) is 0 Å². The number of aliphatic imine (C=N–C) groups is 1. The third-order valence-electron chi connectivity index (χ3n) is 6.38. The zero-order valence-corrected chi connectivity index (χ0v) is 20.5. The lowest BCUT2D eigenvalue weighted by Crippen LogP contribution is -2.56. The van der Waals surface area contributed by atoms with Crippen LogP contribution in [0.15, 0.2) is 47.7 Å². The average molecular weight is 522 g/mol. The highest BCUT2D eigenvalue weighted by atomic mass is 127. The summed E-state index contributed by atoms with van der Waals surface area (Å²) in [6.45, 7) is 5.40. The van der Waals surface area contributed by atoms with Crippen LogP contribution < -0.4 is 5.32 Å². The van der Waals surface area contributed by atoms with Gasteiger partial charge in [-0.3, -0.25) is 14.6 Å². The summed E-state index contributed by atoms with van der Waals surface area (Å²) >= 11 is 0. The van der Waals surface area contributed by atoms with Gasteiger partial charge in [-0.1, -0.05) is 30.3 Å². The SMILES string of the molecule is CN=C(NCCc1cnn(C)c1)N1CCC2C(CCCN2Cc2ccccc2)C1.I. The van der Waals surface area contributed by atoms with Crippen LogP contribution in [0.2, 0.25) is 0 Å². The van der Waals surface area contributed by atoms with Gasteiger partial charge in [0.2, 0.25) is 0 Å². The number of nitrogens with zero attached hydrogens (tertiary/aromatic N) is 5. The van der Waals surface area contributed by atoms with E-state index in [-0.39, 0.29) is 24.0 Å². The lowest BCUT2D eigenvalue weighted by molar-refractivity contribution is 0.0373. The molecule has 30 heavy (non-hydrogen) atoms. The third kappa shape index (κ3) is 5.75. The monoisotopic (exact) mass is 522 g/mol. The third-order valence-corrected chi connectivity index (χ3v) is 6.38. The van der Waals surface area contributed by atoms with Crippen molar-refractivity contribution in [3.63, 3.8) is 0 Å². The van der Waals surface area contributed by atoms with E-state index in [2.05, 4.69) is 61.7 Å². The Labute approximate surface area is 197 Å². The van der Waals surface area contributed by atoms with E-state index in [9.17, 15) is 0 Å². The van der Waals surface area contributed by atoms with Gasteiger partial charge in [0.15, 0.2) is 5.96 Å². The van der Waals surface area contributed by atoms with Crippen LogP contribution in [0.4, 0.5) is 0 Å². The van der Waals surface area contributed by atoms with Crippen molar-refractivity contribution in [1.82, 2.24) is 24.9 Å². The fraction of sp³-hybridized carbons (Fsp3) is 0.565. The summed E-state index contributed by atoms with van der Waals surface area (Å²) in [5.41, 5.74) is 2.70. The van der Waals surface area contributed by atoms with E-state index in [0.29, 0.717) is 6.04 Å². The summed E-state index contributed by atoms with van der Waals surface area (Å²) in [5, 5.41) is 7.82. The molecule has 0 aliphatic carbocycles. The van der Waals surface area contributed by atoms with Gasteiger partial charge in [0.1, 0.15) is 0 Å². The first-order chi connectivity index (χ1) is 14.2. The second-order valence-electron chi connectivity index (χ2n) is 8.41. The van der Waals surface area contributed by atoms with E-state index >= 15 is 0 Å². The molecule has 2 atom stereocenters. The summed E-state index contributed by atoms with van der Waals surface area (Å²) in [5.74, 6) is 1.78. The van der Waals surface area contributed by atoms with E-state index in [1.165, 1.54) is 36.9 Å². The maximum atomic E-state index is 4.57. The van der Waals surface area contributed by atoms with Crippen molar-refractivity contribution in [1.29, 1.82) is 0 Å². The van der Waals surface area contributed by atoms with Gasteiger partial charge in [0, 0.05) is 52.5 Å². The molecular formula is C23H35IN6. The largest absolute Gasteiger partial charge is 0.356 e. The molecule has 1 aromatic carbocycles. The van der Waals surface area contributed by atoms with Crippen LogP contribution in [0.1, 0.15) is 30.4 Å². The van der Waals surface area contributed by atoms with E-state index in [4.69, 9.17) is 0 Å². The average Bonchev–Trinajstić information content (AvgIpc) is 3.17. The van der Waals surface area contributed by atoms with Gasteiger partial charge >= 0.3 is 0 Å². The Balaban J connectivity index is 0.00000256. The Bertz CT molecular complexity index is 805. The normalized spacial score (nSPS) is 22.3. The van der Waals surface area contributed by atoms with Crippen LogP contribution >= 0.6 is 24.0 Å². The predicted octanol–water partition coefficient (Wildman–Crippen LogP) is 3.14. The Hall–Kier alpha value is -1.61. The Morgan fingerprint density at radius 1 is 1.17 bits per heavy atom. The molecule has 2 aliphatic heterocycles. The first-order valence-corrected chi connectivity index (χ1v) is 10.9. The van der Waals surface area contributed by atoms with Crippen LogP contribution in [0.25, 0.3) is 0 Å². The number of hydrogen-bond acceptors (Lipinski definition) is 3. The highest BCUT2D eigenvalue weighted by Gasteiger charge is 2.36. The molecule has 1 aromatic heterocycles. The number of likely N-dealkylation sites (tertiary alicyclic amines) is 2. The maximum absolute atomic E-state index is 4.57. The molecule has 7 heteroatoms. The Morgan fingerprint density at radius 3 is 2.73 bits per heavy atom. The van der Waals surface area contributed by atoms with Crippen molar-refractivity contribution in [2.45, 2.75) is 38.3 Å². The number of aromatic nitrogens is 2. The second kappa shape index (κ2) is 11.1. The van der Waals surface area contributed by atoms with Crippen LogP contribution in [0.3, 0.4) is 0 Å². The lowest BCUT2D eigenvalue weighted by Gasteiger charge is -2.48. The first kappa shape index (κ1) is 23.1. The summed E-state index contributed by atoms with van der Waals surface area (Å²) in [7, 11) is 3.87. The van der Waals surface area contributed by atoms with Crippen molar-refractivity contribution < 1.29 is 0 Å². The molecule has 3 heterocycles. The lowest BCUT2D eigenvalue weighted by atomic mass is 9.83. The number of hydrogen-bond donors (Lipinski definition) is 1. The molecule has 6 nitrogen and oxygen atoms in total. The van der Waals surface area contributed by atoms with Crippen molar-refractivity contribution >= 4 is 29.9 Å². The first-order valence-electron chi connectivity index (χ1n) is 10.9. The quantitative estimate of drug-likeness (QED) is 0.373. The van der Waals surface area contributed by atoms with Gasteiger partial charge in [0.05, 0.1) is 6.20 Å². The zero-order valence-electron chi connectivity index (χ0n) is 18.2. The predicted molar refractivity (Wildman–Crippen MR) is 133 cm³/mol. The van der Waals surface area contributed by atoms with Gasteiger partial charge in [-0.2, -0.15) is 5.10 Å². The van der Waals surface area contributed by atoms with E-state index in [1.807, 2.05) is 25.0 Å².